The van der Waals surface area contributed by atoms with E-state index in [1.807, 2.05) is 62.4 Å². The fourth-order valence-electron chi connectivity index (χ4n) is 3.45. The highest BCUT2D eigenvalue weighted by atomic mass is 32.2. The summed E-state index contributed by atoms with van der Waals surface area (Å²) in [5.74, 6) is -0.329. The third kappa shape index (κ3) is 7.04. The minimum atomic E-state index is -3.84. The minimum Gasteiger partial charge on any atom is -0.352 e. The predicted octanol–water partition coefficient (Wildman–Crippen LogP) is 4.02. The first-order chi connectivity index (χ1) is 15.3. The summed E-state index contributed by atoms with van der Waals surface area (Å²) in [7, 11) is -3.84. The van der Waals surface area contributed by atoms with E-state index in [-0.39, 0.29) is 23.3 Å². The predicted molar refractivity (Wildman–Crippen MR) is 128 cm³/mol. The molecule has 1 amide bonds. The second kappa shape index (κ2) is 11.1. The molecule has 0 unspecified atom stereocenters. The molecule has 3 aromatic rings. The van der Waals surface area contributed by atoms with Gasteiger partial charge in [-0.05, 0) is 56.4 Å². The van der Waals surface area contributed by atoms with Crippen molar-refractivity contribution >= 4 is 15.9 Å². The van der Waals surface area contributed by atoms with Gasteiger partial charge >= 0.3 is 0 Å². The molecule has 0 heterocycles. The zero-order valence-electron chi connectivity index (χ0n) is 18.5. The number of nitrogens with one attached hydrogen (secondary N) is 2. The van der Waals surface area contributed by atoms with Gasteiger partial charge in [-0.1, -0.05) is 78.4 Å². The molecule has 168 valence electrons. The largest absolute Gasteiger partial charge is 0.352 e. The van der Waals surface area contributed by atoms with Crippen molar-refractivity contribution < 1.29 is 13.2 Å². The van der Waals surface area contributed by atoms with Gasteiger partial charge in [-0.3, -0.25) is 4.79 Å². The molecule has 5 nitrogen and oxygen atoms in total. The summed E-state index contributed by atoms with van der Waals surface area (Å²) in [6.07, 6.45) is 1.86. The number of rotatable bonds is 10. The Morgan fingerprint density at radius 1 is 0.844 bits per heavy atom. The average molecular weight is 451 g/mol. The lowest BCUT2D eigenvalue weighted by atomic mass is 10.0. The lowest BCUT2D eigenvalue weighted by Gasteiger charge is -2.22. The molecule has 0 aliphatic rings. The van der Waals surface area contributed by atoms with Crippen LogP contribution in [0, 0.1) is 6.92 Å². The van der Waals surface area contributed by atoms with E-state index in [1.165, 1.54) is 5.56 Å². The van der Waals surface area contributed by atoms with Gasteiger partial charge in [-0.2, -0.15) is 4.72 Å². The summed E-state index contributed by atoms with van der Waals surface area (Å²) in [5.41, 5.74) is 3.06. The number of benzene rings is 3. The Kier molecular flexibility index (Phi) is 8.20. The third-order valence-electron chi connectivity index (χ3n) is 5.33. The van der Waals surface area contributed by atoms with Crippen molar-refractivity contribution in [3.8, 4) is 0 Å². The topological polar surface area (TPSA) is 75.3 Å². The van der Waals surface area contributed by atoms with Crippen molar-refractivity contribution in [1.82, 2.24) is 10.0 Å². The van der Waals surface area contributed by atoms with Crippen LogP contribution in [0.3, 0.4) is 0 Å². The molecular formula is C26H30N2O3S. The number of carbonyl (C=O) groups is 1. The minimum absolute atomic E-state index is 0.0927. The monoisotopic (exact) mass is 450 g/mol. The van der Waals surface area contributed by atoms with Crippen LogP contribution < -0.4 is 10.0 Å². The SMILES string of the molecule is Cc1ccc(S(=O)(=O)N[C@H](Cc2ccccc2)C(=O)N[C@@H](C)CCc2ccccc2)cc1. The van der Waals surface area contributed by atoms with Crippen molar-refractivity contribution in [1.29, 1.82) is 0 Å². The van der Waals surface area contributed by atoms with E-state index >= 15 is 0 Å². The molecule has 0 radical (unpaired) electrons. The van der Waals surface area contributed by atoms with Gasteiger partial charge in [0.1, 0.15) is 6.04 Å². The Morgan fingerprint density at radius 3 is 2.00 bits per heavy atom. The van der Waals surface area contributed by atoms with Crippen LogP contribution >= 0.6 is 0 Å². The summed E-state index contributed by atoms with van der Waals surface area (Å²) >= 11 is 0. The Bertz CT molecular complexity index is 1100. The van der Waals surface area contributed by atoms with E-state index in [1.54, 1.807) is 24.3 Å². The van der Waals surface area contributed by atoms with Gasteiger partial charge in [0, 0.05) is 6.04 Å². The highest BCUT2D eigenvalue weighted by Crippen LogP contribution is 2.13. The number of hydrogen-bond donors (Lipinski definition) is 2. The molecule has 0 saturated heterocycles. The maximum Gasteiger partial charge on any atom is 0.241 e. The molecule has 3 rings (SSSR count). The molecule has 2 atom stereocenters. The van der Waals surface area contributed by atoms with E-state index < -0.39 is 16.1 Å². The fraction of sp³-hybridized carbons (Fsp3) is 0.269. The van der Waals surface area contributed by atoms with E-state index in [4.69, 9.17) is 0 Å². The number of aryl methyl sites for hydroxylation is 2. The number of sulfonamides is 1. The third-order valence-corrected chi connectivity index (χ3v) is 6.81. The van der Waals surface area contributed by atoms with Crippen LogP contribution in [0.25, 0.3) is 0 Å². The van der Waals surface area contributed by atoms with Gasteiger partial charge < -0.3 is 5.32 Å². The van der Waals surface area contributed by atoms with Crippen LogP contribution in [0.15, 0.2) is 89.8 Å². The van der Waals surface area contributed by atoms with E-state index in [0.29, 0.717) is 0 Å². The Hall–Kier alpha value is -2.96. The van der Waals surface area contributed by atoms with E-state index in [9.17, 15) is 13.2 Å². The number of amides is 1. The molecule has 0 bridgehead atoms. The molecule has 0 aromatic heterocycles. The first-order valence-electron chi connectivity index (χ1n) is 10.8. The molecule has 0 aliphatic heterocycles. The molecule has 0 aliphatic carbocycles. The standard InChI is InChI=1S/C26H30N2O3S/c1-20-13-17-24(18-14-20)32(30,31)28-25(19-23-11-7-4-8-12-23)26(29)27-21(2)15-16-22-9-5-3-6-10-22/h3-14,17-18,21,25,28H,15-16,19H2,1-2H3,(H,27,29)/t21-,25+/m0/s1. The van der Waals surface area contributed by atoms with Gasteiger partial charge in [0.05, 0.1) is 4.90 Å². The van der Waals surface area contributed by atoms with Gasteiger partial charge in [-0.15, -0.1) is 0 Å². The smallest absolute Gasteiger partial charge is 0.241 e. The lowest BCUT2D eigenvalue weighted by Crippen LogP contribution is -2.50. The normalized spacial score (nSPS) is 13.3. The van der Waals surface area contributed by atoms with Crippen LogP contribution in [0.5, 0.6) is 0 Å². The second-order valence-corrected chi connectivity index (χ2v) is 9.82. The molecule has 2 N–H and O–H groups in total. The quantitative estimate of drug-likeness (QED) is 0.490. The van der Waals surface area contributed by atoms with Gasteiger partial charge in [0.25, 0.3) is 0 Å². The summed E-state index contributed by atoms with van der Waals surface area (Å²) in [4.78, 5) is 13.2. The van der Waals surface area contributed by atoms with E-state index in [0.717, 1.165) is 24.0 Å². The number of hydrogen-bond acceptors (Lipinski definition) is 3. The van der Waals surface area contributed by atoms with Crippen molar-refractivity contribution in [3.63, 3.8) is 0 Å². The molecular weight excluding hydrogens is 420 g/mol. The molecule has 32 heavy (non-hydrogen) atoms. The van der Waals surface area contributed by atoms with E-state index in [2.05, 4.69) is 22.2 Å². The Balaban J connectivity index is 1.71. The van der Waals surface area contributed by atoms with Gasteiger partial charge in [0.2, 0.25) is 15.9 Å². The highest BCUT2D eigenvalue weighted by molar-refractivity contribution is 7.89. The van der Waals surface area contributed by atoms with Crippen LogP contribution in [-0.2, 0) is 27.7 Å². The van der Waals surface area contributed by atoms with Gasteiger partial charge in [-0.25, -0.2) is 8.42 Å². The van der Waals surface area contributed by atoms with Crippen LogP contribution in [-0.4, -0.2) is 26.4 Å². The number of carbonyl (C=O) groups excluding carboxylic acids is 1. The first-order valence-corrected chi connectivity index (χ1v) is 12.3. The first kappa shape index (κ1) is 23.7. The lowest BCUT2D eigenvalue weighted by molar-refractivity contribution is -0.123. The molecule has 0 saturated carbocycles. The maximum atomic E-state index is 13.1. The average Bonchev–Trinajstić information content (AvgIpc) is 2.79. The summed E-state index contributed by atoms with van der Waals surface area (Å²) in [6, 6.07) is 25.1. The molecule has 6 heteroatoms. The van der Waals surface area contributed by atoms with Crippen LogP contribution in [0.4, 0.5) is 0 Å². The highest BCUT2D eigenvalue weighted by Gasteiger charge is 2.27. The molecule has 3 aromatic carbocycles. The summed E-state index contributed by atoms with van der Waals surface area (Å²) < 4.78 is 28.5. The van der Waals surface area contributed by atoms with Crippen molar-refractivity contribution in [2.24, 2.45) is 0 Å². The second-order valence-electron chi connectivity index (χ2n) is 8.11. The zero-order chi connectivity index (χ0) is 23.0. The van der Waals surface area contributed by atoms with Gasteiger partial charge in [0.15, 0.2) is 0 Å². The Morgan fingerprint density at radius 2 is 1.41 bits per heavy atom. The van der Waals surface area contributed by atoms with Crippen LogP contribution in [0.1, 0.15) is 30.0 Å². The zero-order valence-corrected chi connectivity index (χ0v) is 19.3. The van der Waals surface area contributed by atoms with Crippen molar-refractivity contribution in [2.45, 2.75) is 50.1 Å². The molecule has 0 spiro atoms. The summed E-state index contributed by atoms with van der Waals surface area (Å²) in [6.45, 7) is 3.83. The summed E-state index contributed by atoms with van der Waals surface area (Å²) in [5, 5.41) is 2.99. The van der Waals surface area contributed by atoms with Crippen LogP contribution in [0.2, 0.25) is 0 Å². The fourth-order valence-corrected chi connectivity index (χ4v) is 4.65. The van der Waals surface area contributed by atoms with Crippen molar-refractivity contribution in [3.05, 3.63) is 102 Å². The molecule has 0 fully saturated rings. The maximum absolute atomic E-state index is 13.1. The Labute approximate surface area is 190 Å². The van der Waals surface area contributed by atoms with Crippen molar-refractivity contribution in [2.75, 3.05) is 0 Å².